The van der Waals surface area contributed by atoms with Crippen LogP contribution in [0, 0.1) is 0 Å². The number of carbonyl (C=O) groups is 3. The minimum atomic E-state index is -0.947. The first kappa shape index (κ1) is 32.0. The van der Waals surface area contributed by atoms with Crippen LogP contribution in [0.4, 0.5) is 0 Å². The van der Waals surface area contributed by atoms with Gasteiger partial charge in [-0.05, 0) is 39.3 Å². The summed E-state index contributed by atoms with van der Waals surface area (Å²) in [4.78, 5) is 47.6. The summed E-state index contributed by atoms with van der Waals surface area (Å²) in [5, 5.41) is 18.1. The van der Waals surface area contributed by atoms with Crippen LogP contribution in [0.25, 0.3) is 0 Å². The number of rotatable bonds is 12. The summed E-state index contributed by atoms with van der Waals surface area (Å²) in [6, 6.07) is 21.0. The number of aryl methyl sites for hydroxylation is 1. The van der Waals surface area contributed by atoms with Crippen LogP contribution in [0.1, 0.15) is 28.8 Å². The van der Waals surface area contributed by atoms with Crippen molar-refractivity contribution in [3.63, 3.8) is 0 Å². The van der Waals surface area contributed by atoms with Crippen LogP contribution in [0.5, 0.6) is 0 Å². The first-order valence-corrected chi connectivity index (χ1v) is 16.5. The van der Waals surface area contributed by atoms with Gasteiger partial charge in [-0.25, -0.2) is 9.48 Å². The molecule has 3 N–H and O–H groups in total. The van der Waals surface area contributed by atoms with Crippen molar-refractivity contribution in [2.75, 3.05) is 18.6 Å². The van der Waals surface area contributed by atoms with Gasteiger partial charge < -0.3 is 25.0 Å². The number of carbonyl (C=O) groups excluding carboxylic acids is 3. The topological polar surface area (TPSA) is 180 Å². The molecule has 16 heteroatoms. The highest BCUT2D eigenvalue weighted by atomic mass is 32.2. The number of hydrogen-bond acceptors (Lipinski definition) is 13. The maximum Gasteiger partial charge on any atom is 0.356 e. The number of hydrogen-bond donors (Lipinski definition) is 2. The normalized spacial score (nSPS) is 17.7. The molecule has 4 aromatic rings. The highest BCUT2D eigenvalue weighted by molar-refractivity contribution is 8.01. The fourth-order valence-electron chi connectivity index (χ4n) is 5.14. The third-order valence-electron chi connectivity index (χ3n) is 7.41. The molecule has 0 bridgehead atoms. The maximum absolute atomic E-state index is 14.2. The smallest absolute Gasteiger partial charge is 0.356 e. The number of amides is 2. The molecule has 1 fully saturated rings. The van der Waals surface area contributed by atoms with Gasteiger partial charge >= 0.3 is 5.97 Å². The van der Waals surface area contributed by atoms with Crippen LogP contribution in [0.3, 0.4) is 0 Å². The van der Waals surface area contributed by atoms with Crippen LogP contribution < -0.4 is 11.1 Å². The van der Waals surface area contributed by atoms with E-state index in [0.29, 0.717) is 28.0 Å². The van der Waals surface area contributed by atoms with E-state index in [1.165, 1.54) is 40.2 Å². The predicted molar refractivity (Wildman–Crippen MR) is 173 cm³/mol. The molecule has 2 aliphatic rings. The Morgan fingerprint density at radius 3 is 2.43 bits per heavy atom. The van der Waals surface area contributed by atoms with Crippen molar-refractivity contribution in [3.8, 4) is 0 Å². The maximum atomic E-state index is 14.2. The quantitative estimate of drug-likeness (QED) is 0.0738. The Kier molecular flexibility index (Phi) is 9.70. The van der Waals surface area contributed by atoms with Crippen molar-refractivity contribution in [3.05, 3.63) is 107 Å². The lowest BCUT2D eigenvalue weighted by Gasteiger charge is -2.49. The van der Waals surface area contributed by atoms with Crippen LogP contribution in [-0.2, 0) is 37.6 Å². The second-order valence-corrected chi connectivity index (χ2v) is 12.4. The SMILES string of the molecule is CON=C(C(=O)N[C@@H]1C(=O)N2C(C(=O)OC(c3ccccc3)c3ccccc3)=C(CSc3nnnn3C)CS[C@@H]12)c1ccc(CN)o1. The van der Waals surface area contributed by atoms with Gasteiger partial charge in [-0.2, -0.15) is 0 Å². The van der Waals surface area contributed by atoms with Gasteiger partial charge in [0, 0.05) is 18.6 Å². The molecule has 47 heavy (non-hydrogen) atoms. The molecule has 242 valence electrons. The van der Waals surface area contributed by atoms with Gasteiger partial charge in [-0.15, -0.1) is 16.9 Å². The van der Waals surface area contributed by atoms with E-state index < -0.39 is 35.3 Å². The van der Waals surface area contributed by atoms with Crippen molar-refractivity contribution < 1.29 is 28.4 Å². The second-order valence-electron chi connectivity index (χ2n) is 10.4. The molecule has 0 saturated carbocycles. The Bertz CT molecular complexity index is 1790. The van der Waals surface area contributed by atoms with Gasteiger partial charge in [-0.1, -0.05) is 77.6 Å². The molecule has 1 saturated heterocycles. The van der Waals surface area contributed by atoms with Gasteiger partial charge in [0.1, 0.15) is 30.0 Å². The third-order valence-corrected chi connectivity index (χ3v) is 9.84. The van der Waals surface area contributed by atoms with E-state index in [2.05, 4.69) is 26.0 Å². The fraction of sp³-hybridized carbons (Fsp3) is 0.258. The number of benzene rings is 2. The highest BCUT2D eigenvalue weighted by Crippen LogP contribution is 2.42. The summed E-state index contributed by atoms with van der Waals surface area (Å²) in [6.45, 7) is 0.130. The molecule has 4 heterocycles. The lowest BCUT2D eigenvalue weighted by Crippen LogP contribution is -2.71. The van der Waals surface area contributed by atoms with E-state index >= 15 is 0 Å². The zero-order valence-corrected chi connectivity index (χ0v) is 26.9. The first-order chi connectivity index (χ1) is 22.9. The molecule has 2 aliphatic heterocycles. The molecule has 0 radical (unpaired) electrons. The number of tetrazole rings is 1. The standard InChI is InChI=1S/C31H30N8O6S2/c1-38-31(34-36-37-38)47-17-20-16-46-29-24(33-27(40)23(35-43-2)22-14-13-21(15-32)44-22)28(41)39(29)25(20)30(42)45-26(18-9-5-3-6-10-18)19-11-7-4-8-12-19/h3-14,24,26,29H,15-17,32H2,1-2H3,(H,33,40)/t24-,29+/m1/s1. The number of nitrogens with two attached hydrogens (primary N) is 1. The zero-order valence-electron chi connectivity index (χ0n) is 25.3. The molecule has 0 spiro atoms. The van der Waals surface area contributed by atoms with E-state index in [1.807, 2.05) is 60.7 Å². The Morgan fingerprint density at radius 1 is 1.13 bits per heavy atom. The monoisotopic (exact) mass is 674 g/mol. The van der Waals surface area contributed by atoms with Crippen LogP contribution in [0.15, 0.2) is 98.8 Å². The summed E-state index contributed by atoms with van der Waals surface area (Å²) in [7, 11) is 3.01. The van der Waals surface area contributed by atoms with Crippen LogP contribution >= 0.6 is 23.5 Å². The van der Waals surface area contributed by atoms with Gasteiger partial charge in [-0.3, -0.25) is 14.5 Å². The molecule has 2 amide bonds. The number of ether oxygens (including phenoxy) is 1. The molecular weight excluding hydrogens is 645 g/mol. The van der Waals surface area contributed by atoms with Crippen molar-refractivity contribution in [2.24, 2.45) is 17.9 Å². The minimum Gasteiger partial charge on any atom is -0.458 e. The van der Waals surface area contributed by atoms with Crippen molar-refractivity contribution >= 4 is 47.0 Å². The Balaban J connectivity index is 1.28. The molecule has 2 aromatic carbocycles. The lowest BCUT2D eigenvalue weighted by molar-refractivity contribution is -0.154. The predicted octanol–water partition coefficient (Wildman–Crippen LogP) is 2.39. The first-order valence-electron chi connectivity index (χ1n) is 14.4. The van der Waals surface area contributed by atoms with Gasteiger partial charge in [0.15, 0.2) is 11.9 Å². The van der Waals surface area contributed by atoms with Crippen molar-refractivity contribution in [1.29, 1.82) is 0 Å². The molecule has 2 aromatic heterocycles. The molecule has 0 unspecified atom stereocenters. The summed E-state index contributed by atoms with van der Waals surface area (Å²) in [5.74, 6) is -0.509. The second kappa shape index (κ2) is 14.2. The Morgan fingerprint density at radius 2 is 1.83 bits per heavy atom. The number of fused-ring (bicyclic) bond motifs is 1. The summed E-state index contributed by atoms with van der Waals surface area (Å²) >= 11 is 2.75. The molecule has 14 nitrogen and oxygen atoms in total. The lowest BCUT2D eigenvalue weighted by atomic mass is 10.0. The highest BCUT2D eigenvalue weighted by Gasteiger charge is 2.55. The number of β-lactam (4-membered cyclic amide) rings is 1. The zero-order chi connectivity index (χ0) is 32.9. The number of thioether (sulfide) groups is 2. The average Bonchev–Trinajstić information content (AvgIpc) is 3.76. The van der Waals surface area contributed by atoms with Gasteiger partial charge in [0.25, 0.3) is 11.8 Å². The van der Waals surface area contributed by atoms with Gasteiger partial charge in [0.2, 0.25) is 10.9 Å². The Labute approximate surface area is 277 Å². The van der Waals surface area contributed by atoms with E-state index in [-0.39, 0.29) is 23.7 Å². The third kappa shape index (κ3) is 6.65. The average molecular weight is 675 g/mol. The van der Waals surface area contributed by atoms with Crippen molar-refractivity contribution in [1.82, 2.24) is 30.4 Å². The number of oxime groups is 1. The molecule has 6 rings (SSSR count). The fourth-order valence-corrected chi connectivity index (χ4v) is 7.47. The number of nitrogens with zero attached hydrogens (tertiary/aromatic N) is 6. The molecular formula is C31H30N8O6S2. The number of nitrogens with one attached hydrogen (secondary N) is 1. The number of esters is 1. The van der Waals surface area contributed by atoms with Crippen LogP contribution in [0.2, 0.25) is 0 Å². The summed E-state index contributed by atoms with van der Waals surface area (Å²) in [5.41, 5.74) is 7.85. The van der Waals surface area contributed by atoms with E-state index in [1.54, 1.807) is 19.2 Å². The largest absolute Gasteiger partial charge is 0.458 e. The van der Waals surface area contributed by atoms with E-state index in [9.17, 15) is 14.4 Å². The Hall–Kier alpha value is -4.93. The molecule has 0 aliphatic carbocycles. The van der Waals surface area contributed by atoms with E-state index in [0.717, 1.165) is 11.1 Å². The number of furan rings is 1. The van der Waals surface area contributed by atoms with Crippen LogP contribution in [-0.4, -0.2) is 78.6 Å². The van der Waals surface area contributed by atoms with Crippen molar-refractivity contribution in [2.45, 2.75) is 29.2 Å². The summed E-state index contributed by atoms with van der Waals surface area (Å²) in [6.07, 6.45) is -0.728. The van der Waals surface area contributed by atoms with Gasteiger partial charge in [0.05, 0.1) is 6.54 Å². The summed E-state index contributed by atoms with van der Waals surface area (Å²) < 4.78 is 13.3. The molecule has 2 atom stereocenters. The minimum absolute atomic E-state index is 0.130. The van der Waals surface area contributed by atoms with E-state index in [4.69, 9.17) is 19.7 Å². The number of aromatic nitrogens is 4.